The van der Waals surface area contributed by atoms with Crippen molar-refractivity contribution in [1.29, 1.82) is 0 Å². The number of piperidine rings is 2. The molecule has 31 heavy (non-hydrogen) atoms. The smallest absolute Gasteiger partial charge is 0.232 e. The third-order valence-electron chi connectivity index (χ3n) is 6.06. The van der Waals surface area contributed by atoms with Crippen LogP contribution in [0.25, 0.3) is 0 Å². The van der Waals surface area contributed by atoms with Crippen molar-refractivity contribution in [1.82, 2.24) is 20.3 Å². The van der Waals surface area contributed by atoms with Gasteiger partial charge in [-0.25, -0.2) is 0 Å². The number of aromatic nitrogens is 3. The van der Waals surface area contributed by atoms with Gasteiger partial charge in [0.1, 0.15) is 11.6 Å². The summed E-state index contributed by atoms with van der Waals surface area (Å²) in [5.74, 6) is 3.91. The van der Waals surface area contributed by atoms with Crippen LogP contribution in [0.5, 0.6) is 0 Å². The third kappa shape index (κ3) is 6.03. The molecule has 0 bridgehead atoms. The van der Waals surface area contributed by atoms with E-state index in [0.29, 0.717) is 29.4 Å². The number of nitrogens with zero attached hydrogens (tertiary/aromatic N) is 5. The maximum atomic E-state index is 5.52. The summed E-state index contributed by atoms with van der Waals surface area (Å²) in [6.07, 6.45) is 8.57. The monoisotopic (exact) mass is 439 g/mol. The Balaban J connectivity index is 1.51. The van der Waals surface area contributed by atoms with Gasteiger partial charge in [0.25, 0.3) is 0 Å². The summed E-state index contributed by atoms with van der Waals surface area (Å²) >= 11 is 5.52. The van der Waals surface area contributed by atoms with Crippen LogP contribution in [-0.2, 0) is 6.54 Å². The Labute approximate surface area is 190 Å². The maximum absolute atomic E-state index is 5.52. The highest BCUT2D eigenvalue weighted by Crippen LogP contribution is 2.28. The van der Waals surface area contributed by atoms with Crippen LogP contribution < -0.4 is 20.4 Å². The molecular weight excluding hydrogens is 406 g/mol. The number of thiocarbonyl (C=S) groups is 1. The van der Waals surface area contributed by atoms with Gasteiger partial charge in [0.2, 0.25) is 5.95 Å². The van der Waals surface area contributed by atoms with E-state index >= 15 is 0 Å². The lowest BCUT2D eigenvalue weighted by molar-refractivity contribution is 0.441. The molecule has 2 fully saturated rings. The molecule has 2 aliphatic rings. The molecule has 0 aromatic carbocycles. The highest BCUT2D eigenvalue weighted by atomic mass is 32.1. The van der Waals surface area contributed by atoms with E-state index in [-0.39, 0.29) is 0 Å². The molecule has 2 N–H and O–H groups in total. The van der Waals surface area contributed by atoms with Gasteiger partial charge in [-0.1, -0.05) is 19.9 Å². The standard InChI is InChI=1S/C23H33N7S/c1-17-6-4-10-29(15-17)20-12-21(30-11-5-7-18(2)16-30)27-22(26-20)28-23(31)25-14-19-8-3-9-24-13-19/h3,8-9,12-13,17-18H,4-7,10-11,14-16H2,1-2H3,(H2,25,26,27,28,31). The van der Waals surface area contributed by atoms with Crippen molar-refractivity contribution in [3.8, 4) is 0 Å². The van der Waals surface area contributed by atoms with Gasteiger partial charge in [0.15, 0.2) is 5.11 Å². The summed E-state index contributed by atoms with van der Waals surface area (Å²) in [6.45, 7) is 9.40. The zero-order valence-corrected chi connectivity index (χ0v) is 19.4. The first kappa shape index (κ1) is 21.7. The minimum Gasteiger partial charge on any atom is -0.358 e. The number of anilines is 3. The van der Waals surface area contributed by atoms with Gasteiger partial charge in [-0.15, -0.1) is 0 Å². The first-order chi connectivity index (χ1) is 15.1. The Morgan fingerprint density at radius 3 is 2.26 bits per heavy atom. The van der Waals surface area contributed by atoms with Crippen molar-refractivity contribution >= 4 is 34.9 Å². The van der Waals surface area contributed by atoms with Crippen molar-refractivity contribution in [3.63, 3.8) is 0 Å². The molecule has 0 radical (unpaired) electrons. The van der Waals surface area contributed by atoms with Crippen LogP contribution in [0, 0.1) is 11.8 Å². The third-order valence-corrected chi connectivity index (χ3v) is 6.31. The van der Waals surface area contributed by atoms with E-state index in [1.165, 1.54) is 25.7 Å². The summed E-state index contributed by atoms with van der Waals surface area (Å²) in [6, 6.07) is 6.10. The summed E-state index contributed by atoms with van der Waals surface area (Å²) < 4.78 is 0. The molecule has 166 valence electrons. The fraction of sp³-hybridized carbons (Fsp3) is 0.565. The van der Waals surface area contributed by atoms with Crippen LogP contribution in [-0.4, -0.2) is 46.2 Å². The van der Waals surface area contributed by atoms with Crippen LogP contribution >= 0.6 is 12.2 Å². The predicted octanol–water partition coefficient (Wildman–Crippen LogP) is 3.83. The minimum atomic E-state index is 0.519. The number of hydrogen-bond donors (Lipinski definition) is 2. The molecule has 2 aliphatic heterocycles. The van der Waals surface area contributed by atoms with Crippen molar-refractivity contribution in [3.05, 3.63) is 36.2 Å². The average Bonchev–Trinajstić information content (AvgIpc) is 2.78. The van der Waals surface area contributed by atoms with E-state index in [1.807, 2.05) is 18.3 Å². The first-order valence-corrected chi connectivity index (χ1v) is 11.8. The Morgan fingerprint density at radius 1 is 1.06 bits per heavy atom. The largest absolute Gasteiger partial charge is 0.358 e. The molecule has 4 heterocycles. The molecule has 0 aliphatic carbocycles. The molecule has 4 rings (SSSR count). The van der Waals surface area contributed by atoms with Gasteiger partial charge in [-0.2, -0.15) is 9.97 Å². The van der Waals surface area contributed by atoms with E-state index in [2.05, 4.69) is 45.3 Å². The molecule has 0 spiro atoms. The molecular formula is C23H33N7S. The maximum Gasteiger partial charge on any atom is 0.232 e. The molecule has 2 atom stereocenters. The quantitative estimate of drug-likeness (QED) is 0.682. The Kier molecular flexibility index (Phi) is 7.17. The molecule has 7 nitrogen and oxygen atoms in total. The second-order valence-electron chi connectivity index (χ2n) is 8.96. The fourth-order valence-corrected chi connectivity index (χ4v) is 4.59. The molecule has 2 unspecified atom stereocenters. The van der Waals surface area contributed by atoms with Crippen molar-refractivity contribution in [2.45, 2.75) is 46.1 Å². The van der Waals surface area contributed by atoms with E-state index < -0.39 is 0 Å². The Morgan fingerprint density at radius 2 is 1.71 bits per heavy atom. The summed E-state index contributed by atoms with van der Waals surface area (Å²) in [7, 11) is 0. The van der Waals surface area contributed by atoms with Crippen molar-refractivity contribution < 1.29 is 0 Å². The second kappa shape index (κ2) is 10.2. The zero-order chi connectivity index (χ0) is 21.6. The van der Waals surface area contributed by atoms with Crippen molar-refractivity contribution in [2.75, 3.05) is 41.3 Å². The van der Waals surface area contributed by atoms with Gasteiger partial charge in [-0.3, -0.25) is 4.98 Å². The summed E-state index contributed by atoms with van der Waals surface area (Å²) in [4.78, 5) is 18.6. The van der Waals surface area contributed by atoms with Gasteiger partial charge < -0.3 is 20.4 Å². The van der Waals surface area contributed by atoms with Crippen molar-refractivity contribution in [2.24, 2.45) is 11.8 Å². The highest BCUT2D eigenvalue weighted by molar-refractivity contribution is 7.80. The Hall–Kier alpha value is -2.48. The molecule has 0 saturated carbocycles. The number of hydrogen-bond acceptors (Lipinski definition) is 6. The highest BCUT2D eigenvalue weighted by Gasteiger charge is 2.23. The predicted molar refractivity (Wildman–Crippen MR) is 131 cm³/mol. The molecule has 8 heteroatoms. The first-order valence-electron chi connectivity index (χ1n) is 11.4. The van der Waals surface area contributed by atoms with Gasteiger partial charge in [-0.05, 0) is 61.4 Å². The average molecular weight is 440 g/mol. The summed E-state index contributed by atoms with van der Waals surface area (Å²) in [5.41, 5.74) is 1.08. The number of pyridine rings is 1. The zero-order valence-electron chi connectivity index (χ0n) is 18.5. The van der Waals surface area contributed by atoms with E-state index in [9.17, 15) is 0 Å². The number of rotatable bonds is 5. The lowest BCUT2D eigenvalue weighted by Crippen LogP contribution is -2.37. The van der Waals surface area contributed by atoms with Gasteiger partial charge in [0, 0.05) is 51.2 Å². The SMILES string of the molecule is CC1CCCN(c2cc(N3CCCC(C)C3)nc(NC(=S)NCc3cccnc3)n2)C1. The van der Waals surface area contributed by atoms with E-state index in [1.54, 1.807) is 6.20 Å². The topological polar surface area (TPSA) is 69.2 Å². The Bertz CT molecular complexity index is 835. The van der Waals surface area contributed by atoms with Crippen LogP contribution in [0.15, 0.2) is 30.6 Å². The molecule has 2 aromatic heterocycles. The molecule has 0 amide bonds. The molecule has 2 saturated heterocycles. The van der Waals surface area contributed by atoms with Gasteiger partial charge in [0.05, 0.1) is 0 Å². The lowest BCUT2D eigenvalue weighted by Gasteiger charge is -2.35. The minimum absolute atomic E-state index is 0.519. The van der Waals surface area contributed by atoms with Crippen LogP contribution in [0.4, 0.5) is 17.6 Å². The molecule has 2 aromatic rings. The summed E-state index contributed by atoms with van der Waals surface area (Å²) in [5, 5.41) is 6.97. The van der Waals surface area contributed by atoms with Gasteiger partial charge >= 0.3 is 0 Å². The van der Waals surface area contributed by atoms with E-state index in [0.717, 1.165) is 43.4 Å². The normalized spacial score (nSPS) is 21.6. The van der Waals surface area contributed by atoms with Crippen LogP contribution in [0.3, 0.4) is 0 Å². The lowest BCUT2D eigenvalue weighted by atomic mass is 10.00. The fourth-order valence-electron chi connectivity index (χ4n) is 4.43. The number of nitrogens with one attached hydrogen (secondary N) is 2. The van der Waals surface area contributed by atoms with E-state index in [4.69, 9.17) is 22.2 Å². The van der Waals surface area contributed by atoms with Crippen LogP contribution in [0.1, 0.15) is 45.1 Å². The van der Waals surface area contributed by atoms with Crippen LogP contribution in [0.2, 0.25) is 0 Å². The second-order valence-corrected chi connectivity index (χ2v) is 9.37.